The predicted molar refractivity (Wildman–Crippen MR) is 133 cm³/mol. The molecule has 1 aliphatic rings. The molecule has 206 valence electrons. The van der Waals surface area contributed by atoms with E-state index in [1.54, 1.807) is 23.0 Å². The first-order valence-corrected chi connectivity index (χ1v) is 11.6. The van der Waals surface area contributed by atoms with Crippen molar-refractivity contribution in [2.24, 2.45) is 0 Å². The van der Waals surface area contributed by atoms with Crippen LogP contribution in [0.15, 0.2) is 60.8 Å². The van der Waals surface area contributed by atoms with Crippen LogP contribution in [-0.2, 0) is 22.7 Å². The Morgan fingerprint density at radius 1 is 0.947 bits per heavy atom. The maximum absolute atomic E-state index is 13.4. The number of anilines is 1. The molecule has 3 atom stereocenters. The van der Waals surface area contributed by atoms with Gasteiger partial charge in [-0.15, -0.1) is 12.4 Å². The summed E-state index contributed by atoms with van der Waals surface area (Å²) in [6.07, 6.45) is -7.16. The van der Waals surface area contributed by atoms with Gasteiger partial charge in [-0.2, -0.15) is 31.4 Å². The molecule has 2 aromatic carbocycles. The first-order chi connectivity index (χ1) is 17.1. The lowest BCUT2D eigenvalue weighted by molar-refractivity contribution is -0.138. The molecule has 1 aliphatic heterocycles. The van der Waals surface area contributed by atoms with Crippen molar-refractivity contribution in [3.05, 3.63) is 83.2 Å². The zero-order chi connectivity index (χ0) is 27.2. The van der Waals surface area contributed by atoms with E-state index in [1.807, 2.05) is 20.8 Å². The van der Waals surface area contributed by atoms with Crippen molar-refractivity contribution >= 4 is 24.0 Å². The van der Waals surface area contributed by atoms with Crippen LogP contribution in [0.2, 0.25) is 0 Å². The Kier molecular flexibility index (Phi) is 8.24. The molecule has 1 fully saturated rings. The Bertz CT molecular complexity index is 1280. The summed E-state index contributed by atoms with van der Waals surface area (Å²) in [5.74, 6) is -1.04. The van der Waals surface area contributed by atoms with Crippen LogP contribution in [0.3, 0.4) is 0 Å². The molecule has 1 unspecified atom stereocenters. The van der Waals surface area contributed by atoms with Crippen molar-refractivity contribution in [3.63, 3.8) is 0 Å². The number of halogens is 7. The second-order valence-electron chi connectivity index (χ2n) is 10.1. The highest BCUT2D eigenvalue weighted by Crippen LogP contribution is 2.42. The van der Waals surface area contributed by atoms with E-state index in [4.69, 9.17) is 0 Å². The lowest BCUT2D eigenvalue weighted by Crippen LogP contribution is -2.36. The molecule has 5 nitrogen and oxygen atoms in total. The molecule has 1 amide bonds. The fourth-order valence-electron chi connectivity index (χ4n) is 4.41. The predicted octanol–water partition coefficient (Wildman–Crippen LogP) is 6.92. The monoisotopic (exact) mass is 560 g/mol. The Morgan fingerprint density at radius 2 is 1.55 bits per heavy atom. The van der Waals surface area contributed by atoms with Gasteiger partial charge in [-0.05, 0) is 69.2 Å². The van der Waals surface area contributed by atoms with E-state index in [1.165, 1.54) is 18.2 Å². The highest BCUT2D eigenvalue weighted by Gasteiger charge is 2.41. The summed E-state index contributed by atoms with van der Waals surface area (Å²) in [6.45, 7) is 5.85. The standard InChI is InChI=1S/C26H26F6N4O.ClH/c1-24(2,3)36-11-10-20(35-36)19-14-21(23(37)33-18-9-5-8-17(13-18)26(30,31)32)34-22(19)15-6-4-7-16(12-15)25(27,28)29;/h4-13,19,21-22,34H,14H2,1-3H3,(H,33,37);1H/t19?,21-,22-;/m0./s1. The fraction of sp³-hybridized carbons (Fsp3) is 0.385. The Balaban J connectivity index is 0.00000400. The molecule has 0 radical (unpaired) electrons. The van der Waals surface area contributed by atoms with Gasteiger partial charge in [0.2, 0.25) is 5.91 Å². The van der Waals surface area contributed by atoms with Gasteiger partial charge >= 0.3 is 12.4 Å². The first-order valence-electron chi connectivity index (χ1n) is 11.6. The van der Waals surface area contributed by atoms with Gasteiger partial charge in [-0.1, -0.05) is 18.2 Å². The minimum absolute atomic E-state index is 0. The van der Waals surface area contributed by atoms with Crippen LogP contribution in [0, 0.1) is 0 Å². The summed E-state index contributed by atoms with van der Waals surface area (Å²) < 4.78 is 81.1. The fourth-order valence-corrected chi connectivity index (χ4v) is 4.41. The number of rotatable bonds is 4. The summed E-state index contributed by atoms with van der Waals surface area (Å²) in [5, 5.41) is 10.2. The Hall–Kier alpha value is -3.05. The van der Waals surface area contributed by atoms with E-state index in [9.17, 15) is 31.1 Å². The number of aromatic nitrogens is 2. The summed E-state index contributed by atoms with van der Waals surface area (Å²) in [4.78, 5) is 13.1. The number of benzene rings is 2. The summed E-state index contributed by atoms with van der Waals surface area (Å²) >= 11 is 0. The zero-order valence-electron chi connectivity index (χ0n) is 20.7. The number of hydrogen-bond acceptors (Lipinski definition) is 3. The van der Waals surface area contributed by atoms with Crippen LogP contribution in [0.5, 0.6) is 0 Å². The van der Waals surface area contributed by atoms with E-state index in [0.29, 0.717) is 11.3 Å². The Labute approximate surface area is 222 Å². The van der Waals surface area contributed by atoms with Crippen LogP contribution in [0.1, 0.15) is 61.5 Å². The van der Waals surface area contributed by atoms with Gasteiger partial charge in [0.05, 0.1) is 28.4 Å². The first kappa shape index (κ1) is 29.5. The normalized spacial score (nSPS) is 20.2. The lowest BCUT2D eigenvalue weighted by atomic mass is 9.90. The third kappa shape index (κ3) is 6.50. The molecule has 0 saturated carbocycles. The molecule has 2 N–H and O–H groups in total. The largest absolute Gasteiger partial charge is 0.416 e. The van der Waals surface area contributed by atoms with E-state index in [0.717, 1.165) is 24.3 Å². The third-order valence-electron chi connectivity index (χ3n) is 6.30. The quantitative estimate of drug-likeness (QED) is 0.340. The minimum Gasteiger partial charge on any atom is -0.325 e. The minimum atomic E-state index is -4.57. The van der Waals surface area contributed by atoms with Gasteiger partial charge in [-0.25, -0.2) is 0 Å². The SMILES string of the molecule is CC(C)(C)n1ccc(C2C[C@@H](C(=O)Nc3cccc(C(F)(F)F)c3)N[C@H]2c2cccc(C(F)(F)F)c2)n1.Cl. The molecule has 0 spiro atoms. The van der Waals surface area contributed by atoms with E-state index >= 15 is 0 Å². The average Bonchev–Trinajstić information content (AvgIpc) is 3.46. The van der Waals surface area contributed by atoms with Gasteiger partial charge in [0, 0.05) is 23.8 Å². The number of carbonyl (C=O) groups is 1. The molecular weight excluding hydrogens is 534 g/mol. The maximum Gasteiger partial charge on any atom is 0.416 e. The van der Waals surface area contributed by atoms with Crippen molar-refractivity contribution in [2.75, 3.05) is 5.32 Å². The number of hydrogen-bond donors (Lipinski definition) is 2. The molecule has 1 aromatic heterocycles. The van der Waals surface area contributed by atoms with E-state index in [2.05, 4.69) is 15.7 Å². The van der Waals surface area contributed by atoms with Crippen molar-refractivity contribution in [1.82, 2.24) is 15.1 Å². The highest BCUT2D eigenvalue weighted by atomic mass is 35.5. The van der Waals surface area contributed by atoms with Crippen molar-refractivity contribution < 1.29 is 31.1 Å². The third-order valence-corrected chi connectivity index (χ3v) is 6.30. The Morgan fingerprint density at radius 3 is 2.13 bits per heavy atom. The number of nitrogens with zero attached hydrogens (tertiary/aromatic N) is 2. The van der Waals surface area contributed by atoms with Gasteiger partial charge in [0.25, 0.3) is 0 Å². The molecule has 3 aromatic rings. The molecular formula is C26H27ClF6N4O. The number of amides is 1. The van der Waals surface area contributed by atoms with Crippen molar-refractivity contribution in [2.45, 2.75) is 63.1 Å². The van der Waals surface area contributed by atoms with Gasteiger partial charge in [-0.3, -0.25) is 14.8 Å². The van der Waals surface area contributed by atoms with Gasteiger partial charge in [0.1, 0.15) is 0 Å². The van der Waals surface area contributed by atoms with E-state index in [-0.39, 0.29) is 30.1 Å². The number of carbonyl (C=O) groups excluding carboxylic acids is 1. The summed E-state index contributed by atoms with van der Waals surface area (Å²) in [7, 11) is 0. The summed E-state index contributed by atoms with van der Waals surface area (Å²) in [6, 6.07) is 9.34. The number of nitrogens with one attached hydrogen (secondary N) is 2. The van der Waals surface area contributed by atoms with Crippen LogP contribution in [0.25, 0.3) is 0 Å². The van der Waals surface area contributed by atoms with Crippen LogP contribution < -0.4 is 10.6 Å². The van der Waals surface area contributed by atoms with Crippen LogP contribution >= 0.6 is 12.4 Å². The lowest BCUT2D eigenvalue weighted by Gasteiger charge is -2.21. The van der Waals surface area contributed by atoms with Crippen molar-refractivity contribution in [3.8, 4) is 0 Å². The van der Waals surface area contributed by atoms with E-state index < -0.39 is 47.4 Å². The topological polar surface area (TPSA) is 59.0 Å². The van der Waals surface area contributed by atoms with Crippen molar-refractivity contribution in [1.29, 1.82) is 0 Å². The molecule has 2 heterocycles. The second kappa shape index (κ2) is 10.6. The molecule has 0 bridgehead atoms. The van der Waals surface area contributed by atoms with Crippen LogP contribution in [-0.4, -0.2) is 21.7 Å². The molecule has 38 heavy (non-hydrogen) atoms. The molecule has 4 rings (SSSR count). The molecule has 12 heteroatoms. The second-order valence-corrected chi connectivity index (χ2v) is 10.1. The smallest absolute Gasteiger partial charge is 0.325 e. The van der Waals surface area contributed by atoms with Gasteiger partial charge in [0.15, 0.2) is 0 Å². The maximum atomic E-state index is 13.4. The summed E-state index contributed by atoms with van der Waals surface area (Å²) in [5.41, 5.74) is -1.16. The van der Waals surface area contributed by atoms with Gasteiger partial charge < -0.3 is 5.32 Å². The van der Waals surface area contributed by atoms with Crippen LogP contribution in [0.4, 0.5) is 32.0 Å². The average molecular weight is 561 g/mol. The highest BCUT2D eigenvalue weighted by molar-refractivity contribution is 5.95. The zero-order valence-corrected chi connectivity index (χ0v) is 21.5. The number of alkyl halides is 6. The molecule has 0 aliphatic carbocycles. The molecule has 1 saturated heterocycles.